The van der Waals surface area contributed by atoms with Gasteiger partial charge in [-0.2, -0.15) is 0 Å². The molecule has 0 saturated heterocycles. The van der Waals surface area contributed by atoms with Crippen LogP contribution < -0.4 is 0 Å². The highest BCUT2D eigenvalue weighted by Gasteiger charge is 2.17. The molecule has 0 spiro atoms. The highest BCUT2D eigenvalue weighted by atomic mass is 32.2. The molecule has 0 bridgehead atoms. The Morgan fingerprint density at radius 2 is 1.93 bits per heavy atom. The lowest BCUT2D eigenvalue weighted by Gasteiger charge is -2.16. The summed E-state index contributed by atoms with van der Waals surface area (Å²) in [6.45, 7) is 5.53. The first-order chi connectivity index (χ1) is 13.6. The van der Waals surface area contributed by atoms with Crippen LogP contribution in [0.25, 0.3) is 11.4 Å². The third kappa shape index (κ3) is 4.78. The predicted octanol–water partition coefficient (Wildman–Crippen LogP) is 3.46. The molecule has 3 rings (SSSR count). The number of carbonyl (C=O) groups is 1. The van der Waals surface area contributed by atoms with Gasteiger partial charge in [0.05, 0.1) is 5.75 Å². The van der Waals surface area contributed by atoms with Crippen LogP contribution in [0.1, 0.15) is 18.2 Å². The van der Waals surface area contributed by atoms with Crippen molar-refractivity contribution in [3.63, 3.8) is 0 Å². The van der Waals surface area contributed by atoms with Crippen LogP contribution in [0.4, 0.5) is 0 Å². The van der Waals surface area contributed by atoms with E-state index >= 15 is 0 Å². The topological polar surface area (TPSA) is 63.9 Å². The normalized spacial score (nSPS) is 10.8. The monoisotopic (exact) mass is 395 g/mol. The van der Waals surface area contributed by atoms with E-state index in [0.29, 0.717) is 12.3 Å². The summed E-state index contributed by atoms with van der Waals surface area (Å²) in [5, 5.41) is 9.47. The molecule has 1 amide bonds. The summed E-state index contributed by atoms with van der Waals surface area (Å²) >= 11 is 1.43. The first-order valence-corrected chi connectivity index (χ1v) is 10.3. The first kappa shape index (κ1) is 20.1. The lowest BCUT2D eigenvalue weighted by atomic mass is 10.1. The van der Waals surface area contributed by atoms with Crippen molar-refractivity contribution in [1.29, 1.82) is 0 Å². The molecule has 28 heavy (non-hydrogen) atoms. The Hall–Kier alpha value is -2.67. The van der Waals surface area contributed by atoms with Crippen LogP contribution in [-0.4, -0.2) is 49.9 Å². The molecule has 3 aromatic rings. The maximum absolute atomic E-state index is 12.5. The standard InChI is InChI=1S/C21H25N5OS/c1-4-26-20(18-11-6-5-9-16(18)2)23-24-21(26)28-15-19(27)25(3)14-12-17-10-7-8-13-22-17/h5-11,13H,4,12,14-15H2,1-3H3. The first-order valence-electron chi connectivity index (χ1n) is 9.36. The number of amides is 1. The number of thioether (sulfide) groups is 1. The SMILES string of the molecule is CCn1c(SCC(=O)N(C)CCc2ccccn2)nnc1-c1ccccc1C. The molecule has 6 nitrogen and oxygen atoms in total. The second-order valence-electron chi connectivity index (χ2n) is 6.54. The number of nitrogens with zero attached hydrogens (tertiary/aromatic N) is 5. The average molecular weight is 396 g/mol. The number of rotatable bonds is 8. The predicted molar refractivity (Wildman–Crippen MR) is 112 cm³/mol. The fraction of sp³-hybridized carbons (Fsp3) is 0.333. The smallest absolute Gasteiger partial charge is 0.232 e. The zero-order valence-corrected chi connectivity index (χ0v) is 17.3. The Labute approximate surface area is 170 Å². The van der Waals surface area contributed by atoms with Crippen LogP contribution in [0.2, 0.25) is 0 Å². The maximum Gasteiger partial charge on any atom is 0.232 e. The number of pyridine rings is 1. The molecule has 1 aromatic carbocycles. The van der Waals surface area contributed by atoms with Crippen LogP contribution in [0.15, 0.2) is 53.8 Å². The van der Waals surface area contributed by atoms with Crippen LogP contribution >= 0.6 is 11.8 Å². The molecule has 0 atom stereocenters. The van der Waals surface area contributed by atoms with E-state index < -0.39 is 0 Å². The molecule has 0 unspecified atom stereocenters. The summed E-state index contributed by atoms with van der Waals surface area (Å²) < 4.78 is 2.06. The maximum atomic E-state index is 12.5. The van der Waals surface area contributed by atoms with Crippen molar-refractivity contribution in [2.75, 3.05) is 19.3 Å². The summed E-state index contributed by atoms with van der Waals surface area (Å²) in [6, 6.07) is 14.0. The minimum atomic E-state index is 0.0732. The largest absolute Gasteiger partial charge is 0.345 e. The highest BCUT2D eigenvalue weighted by Crippen LogP contribution is 2.26. The Bertz CT molecular complexity index is 926. The number of likely N-dealkylation sites (N-methyl/N-ethyl adjacent to an activating group) is 1. The fourth-order valence-electron chi connectivity index (χ4n) is 2.89. The van der Waals surface area contributed by atoms with Crippen molar-refractivity contribution in [3.8, 4) is 11.4 Å². The molecular formula is C21H25N5OS. The summed E-state index contributed by atoms with van der Waals surface area (Å²) in [5.74, 6) is 1.26. The van der Waals surface area contributed by atoms with Crippen molar-refractivity contribution < 1.29 is 4.79 Å². The van der Waals surface area contributed by atoms with E-state index in [0.717, 1.165) is 40.8 Å². The van der Waals surface area contributed by atoms with Gasteiger partial charge in [0.15, 0.2) is 11.0 Å². The van der Waals surface area contributed by atoms with E-state index in [1.807, 2.05) is 37.4 Å². The van der Waals surface area contributed by atoms with Crippen LogP contribution in [0.5, 0.6) is 0 Å². The number of aromatic nitrogens is 4. The van der Waals surface area contributed by atoms with E-state index in [4.69, 9.17) is 0 Å². The third-order valence-electron chi connectivity index (χ3n) is 4.60. The van der Waals surface area contributed by atoms with Crippen LogP contribution in [0, 0.1) is 6.92 Å². The molecule has 0 aliphatic rings. The zero-order chi connectivity index (χ0) is 19.9. The van der Waals surface area contributed by atoms with Gasteiger partial charge in [0, 0.05) is 44.0 Å². The van der Waals surface area contributed by atoms with E-state index in [9.17, 15) is 4.79 Å². The van der Waals surface area contributed by atoms with E-state index in [1.165, 1.54) is 11.8 Å². The van der Waals surface area contributed by atoms with Gasteiger partial charge in [0.1, 0.15) is 0 Å². The number of hydrogen-bond donors (Lipinski definition) is 0. The van der Waals surface area contributed by atoms with E-state index in [-0.39, 0.29) is 5.91 Å². The van der Waals surface area contributed by atoms with Crippen molar-refractivity contribution in [1.82, 2.24) is 24.6 Å². The molecule has 0 N–H and O–H groups in total. The quantitative estimate of drug-likeness (QED) is 0.547. The minimum Gasteiger partial charge on any atom is -0.345 e. The lowest BCUT2D eigenvalue weighted by Crippen LogP contribution is -2.30. The summed E-state index contributed by atoms with van der Waals surface area (Å²) in [6.07, 6.45) is 2.52. The van der Waals surface area contributed by atoms with Crippen molar-refractivity contribution in [2.45, 2.75) is 32.0 Å². The average Bonchev–Trinajstić information content (AvgIpc) is 3.14. The number of carbonyl (C=O) groups excluding carboxylic acids is 1. The van der Waals surface area contributed by atoms with Crippen molar-refractivity contribution >= 4 is 17.7 Å². The second kappa shape index (κ2) is 9.50. The molecule has 2 aromatic heterocycles. The van der Waals surface area contributed by atoms with Crippen molar-refractivity contribution in [2.24, 2.45) is 0 Å². The molecule has 2 heterocycles. The fourth-order valence-corrected chi connectivity index (χ4v) is 3.84. The second-order valence-corrected chi connectivity index (χ2v) is 7.48. The summed E-state index contributed by atoms with van der Waals surface area (Å²) in [5.41, 5.74) is 3.22. The van der Waals surface area contributed by atoms with Crippen molar-refractivity contribution in [3.05, 3.63) is 59.9 Å². The molecule has 0 aliphatic carbocycles. The van der Waals surface area contributed by atoms with Crippen LogP contribution in [0.3, 0.4) is 0 Å². The van der Waals surface area contributed by atoms with Crippen LogP contribution in [-0.2, 0) is 17.8 Å². The zero-order valence-electron chi connectivity index (χ0n) is 16.5. The number of benzene rings is 1. The van der Waals surface area contributed by atoms with Gasteiger partial charge in [-0.1, -0.05) is 42.1 Å². The molecule has 0 fully saturated rings. The lowest BCUT2D eigenvalue weighted by molar-refractivity contribution is -0.127. The van der Waals surface area contributed by atoms with Gasteiger partial charge in [-0.15, -0.1) is 10.2 Å². The molecule has 0 radical (unpaired) electrons. The van der Waals surface area contributed by atoms with Gasteiger partial charge in [0.2, 0.25) is 5.91 Å². The Morgan fingerprint density at radius 3 is 2.64 bits per heavy atom. The Morgan fingerprint density at radius 1 is 1.14 bits per heavy atom. The number of hydrogen-bond acceptors (Lipinski definition) is 5. The molecule has 0 saturated carbocycles. The van der Waals surface area contributed by atoms with Gasteiger partial charge in [-0.05, 0) is 31.5 Å². The van der Waals surface area contributed by atoms with Gasteiger partial charge in [-0.3, -0.25) is 9.78 Å². The highest BCUT2D eigenvalue weighted by molar-refractivity contribution is 7.99. The molecule has 7 heteroatoms. The van der Waals surface area contributed by atoms with E-state index in [2.05, 4.69) is 45.7 Å². The summed E-state index contributed by atoms with van der Waals surface area (Å²) in [4.78, 5) is 18.5. The van der Waals surface area contributed by atoms with Gasteiger partial charge in [0.25, 0.3) is 0 Å². The van der Waals surface area contributed by atoms with E-state index in [1.54, 1.807) is 11.1 Å². The summed E-state index contributed by atoms with van der Waals surface area (Å²) in [7, 11) is 1.83. The Balaban J connectivity index is 1.61. The molecule has 146 valence electrons. The molecule has 0 aliphatic heterocycles. The third-order valence-corrected chi connectivity index (χ3v) is 5.55. The van der Waals surface area contributed by atoms with Gasteiger partial charge in [-0.25, -0.2) is 0 Å². The number of aryl methyl sites for hydroxylation is 1. The van der Waals surface area contributed by atoms with Gasteiger partial charge >= 0.3 is 0 Å². The Kier molecular flexibility index (Phi) is 6.81. The minimum absolute atomic E-state index is 0.0732. The molecular weight excluding hydrogens is 370 g/mol. The van der Waals surface area contributed by atoms with Gasteiger partial charge < -0.3 is 9.47 Å².